The van der Waals surface area contributed by atoms with Gasteiger partial charge in [0.2, 0.25) is 0 Å². The summed E-state index contributed by atoms with van der Waals surface area (Å²) < 4.78 is 0. The van der Waals surface area contributed by atoms with Crippen molar-refractivity contribution in [2.75, 3.05) is 5.32 Å². The lowest BCUT2D eigenvalue weighted by Crippen LogP contribution is -2.03. The molecular weight excluding hydrogens is 316 g/mol. The normalized spacial score (nSPS) is 10.9. The second kappa shape index (κ2) is 6.37. The van der Waals surface area contributed by atoms with E-state index in [4.69, 9.17) is 0 Å². The predicted molar refractivity (Wildman–Crippen MR) is 99.2 cm³/mol. The minimum Gasteiger partial charge on any atom is -0.365 e. The fourth-order valence-electron chi connectivity index (χ4n) is 2.60. The summed E-state index contributed by atoms with van der Waals surface area (Å²) in [6.07, 6.45) is 3.64. The third kappa shape index (κ3) is 2.98. The van der Waals surface area contributed by atoms with Crippen LogP contribution >= 0.6 is 11.3 Å². The van der Waals surface area contributed by atoms with Crippen LogP contribution in [0.15, 0.2) is 60.9 Å². The third-order valence-corrected chi connectivity index (χ3v) is 4.82. The van der Waals surface area contributed by atoms with E-state index in [1.54, 1.807) is 17.5 Å². The molecule has 4 nitrogen and oxygen atoms in total. The lowest BCUT2D eigenvalue weighted by Gasteiger charge is -2.07. The number of hydrogen-bond donors (Lipinski definition) is 1. The summed E-state index contributed by atoms with van der Waals surface area (Å²) in [5.74, 6) is 1.65. The first-order chi connectivity index (χ1) is 11.8. The topological polar surface area (TPSA) is 50.7 Å². The predicted octanol–water partition coefficient (Wildman–Crippen LogP) is 4.67. The number of fused-ring (bicyclic) bond motifs is 1. The molecule has 0 aliphatic carbocycles. The second-order valence-corrected chi connectivity index (χ2v) is 6.56. The Morgan fingerprint density at radius 1 is 1.04 bits per heavy atom. The van der Waals surface area contributed by atoms with Gasteiger partial charge in [-0.15, -0.1) is 11.3 Å². The molecule has 0 saturated carbocycles. The zero-order valence-electron chi connectivity index (χ0n) is 13.2. The van der Waals surface area contributed by atoms with Gasteiger partial charge in [0, 0.05) is 23.8 Å². The van der Waals surface area contributed by atoms with E-state index in [0.717, 1.165) is 27.4 Å². The largest absolute Gasteiger partial charge is 0.365 e. The number of nitrogens with one attached hydrogen (secondary N) is 1. The van der Waals surface area contributed by atoms with Crippen molar-refractivity contribution in [1.82, 2.24) is 15.0 Å². The third-order valence-electron chi connectivity index (χ3n) is 3.75. The van der Waals surface area contributed by atoms with Crippen LogP contribution in [0, 0.1) is 6.92 Å². The van der Waals surface area contributed by atoms with Crippen LogP contribution in [0.1, 0.15) is 11.4 Å². The van der Waals surface area contributed by atoms with Gasteiger partial charge in [-0.1, -0.05) is 36.4 Å². The maximum atomic E-state index is 4.59. The highest BCUT2D eigenvalue weighted by atomic mass is 32.1. The summed E-state index contributed by atoms with van der Waals surface area (Å²) in [5, 5.41) is 4.49. The first kappa shape index (κ1) is 14.8. The SMILES string of the molecule is Cc1nc(NCc2cccnc2)c2cc(-c3ccccc3)sc2n1. The van der Waals surface area contributed by atoms with Gasteiger partial charge in [-0.05, 0) is 30.2 Å². The zero-order chi connectivity index (χ0) is 16.4. The smallest absolute Gasteiger partial charge is 0.138 e. The number of nitrogens with zero attached hydrogens (tertiary/aromatic N) is 3. The molecule has 0 aliphatic rings. The lowest BCUT2D eigenvalue weighted by molar-refractivity contribution is 1.05. The number of aromatic nitrogens is 3. The number of hydrogen-bond acceptors (Lipinski definition) is 5. The summed E-state index contributed by atoms with van der Waals surface area (Å²) in [5.41, 5.74) is 2.33. The second-order valence-electron chi connectivity index (χ2n) is 5.53. The van der Waals surface area contributed by atoms with Gasteiger partial charge in [0.1, 0.15) is 16.5 Å². The molecule has 0 fully saturated rings. The minimum absolute atomic E-state index is 0.690. The highest BCUT2D eigenvalue weighted by Crippen LogP contribution is 2.35. The van der Waals surface area contributed by atoms with Crippen molar-refractivity contribution >= 4 is 27.4 Å². The summed E-state index contributed by atoms with van der Waals surface area (Å²) in [7, 11) is 0. The Labute approximate surface area is 144 Å². The molecule has 0 unspecified atom stereocenters. The number of aryl methyl sites for hydroxylation is 1. The van der Waals surface area contributed by atoms with Gasteiger partial charge in [-0.25, -0.2) is 9.97 Å². The van der Waals surface area contributed by atoms with Gasteiger partial charge in [0.05, 0.1) is 5.39 Å². The molecule has 0 saturated heterocycles. The highest BCUT2D eigenvalue weighted by Gasteiger charge is 2.11. The Balaban J connectivity index is 1.71. The van der Waals surface area contributed by atoms with E-state index < -0.39 is 0 Å². The van der Waals surface area contributed by atoms with Gasteiger partial charge in [-0.3, -0.25) is 4.98 Å². The molecule has 4 aromatic rings. The van der Waals surface area contributed by atoms with Crippen LogP contribution in [0.5, 0.6) is 0 Å². The molecule has 24 heavy (non-hydrogen) atoms. The fourth-order valence-corrected chi connectivity index (χ4v) is 3.68. The van der Waals surface area contributed by atoms with Crippen molar-refractivity contribution in [1.29, 1.82) is 0 Å². The average Bonchev–Trinajstić information content (AvgIpc) is 3.05. The first-order valence-electron chi connectivity index (χ1n) is 7.76. The van der Waals surface area contributed by atoms with E-state index in [9.17, 15) is 0 Å². The Morgan fingerprint density at radius 3 is 2.71 bits per heavy atom. The van der Waals surface area contributed by atoms with E-state index >= 15 is 0 Å². The molecule has 0 spiro atoms. The van der Waals surface area contributed by atoms with E-state index in [1.165, 1.54) is 10.4 Å². The maximum absolute atomic E-state index is 4.59. The molecule has 5 heteroatoms. The standard InChI is InChI=1S/C19H16N4S/c1-13-22-18(21-12-14-6-5-9-20-11-14)16-10-17(24-19(16)23-13)15-7-3-2-4-8-15/h2-11H,12H2,1H3,(H,21,22,23). The molecule has 0 atom stereocenters. The van der Waals surface area contributed by atoms with Gasteiger partial charge in [-0.2, -0.15) is 0 Å². The molecule has 118 valence electrons. The Morgan fingerprint density at radius 2 is 1.92 bits per heavy atom. The van der Waals surface area contributed by atoms with Crippen molar-refractivity contribution in [3.8, 4) is 10.4 Å². The first-order valence-corrected chi connectivity index (χ1v) is 8.57. The molecule has 1 N–H and O–H groups in total. The van der Waals surface area contributed by atoms with Crippen molar-refractivity contribution in [2.24, 2.45) is 0 Å². The van der Waals surface area contributed by atoms with E-state index in [0.29, 0.717) is 6.54 Å². The fraction of sp³-hybridized carbons (Fsp3) is 0.105. The molecule has 0 radical (unpaired) electrons. The summed E-state index contributed by atoms with van der Waals surface area (Å²) >= 11 is 1.70. The van der Waals surface area contributed by atoms with E-state index in [1.807, 2.05) is 31.3 Å². The Hall–Kier alpha value is -2.79. The number of rotatable bonds is 4. The minimum atomic E-state index is 0.690. The van der Waals surface area contributed by atoms with Gasteiger partial charge in [0.15, 0.2) is 0 Å². The Bertz CT molecular complexity index is 965. The number of pyridine rings is 1. The molecule has 4 rings (SSSR count). The van der Waals surface area contributed by atoms with E-state index in [-0.39, 0.29) is 0 Å². The van der Waals surface area contributed by atoms with Gasteiger partial charge in [0.25, 0.3) is 0 Å². The van der Waals surface area contributed by atoms with Crippen LogP contribution in [0.2, 0.25) is 0 Å². The zero-order valence-corrected chi connectivity index (χ0v) is 14.0. The van der Waals surface area contributed by atoms with Crippen LogP contribution in [0.3, 0.4) is 0 Å². The Kier molecular flexibility index (Phi) is 3.92. The summed E-state index contributed by atoms with van der Waals surface area (Å²) in [6.45, 7) is 2.62. The van der Waals surface area contributed by atoms with Crippen LogP contribution < -0.4 is 5.32 Å². The molecule has 0 amide bonds. The van der Waals surface area contributed by atoms with E-state index in [2.05, 4.69) is 50.6 Å². The molecule has 0 aliphatic heterocycles. The average molecular weight is 332 g/mol. The maximum Gasteiger partial charge on any atom is 0.138 e. The highest BCUT2D eigenvalue weighted by molar-refractivity contribution is 7.21. The van der Waals surface area contributed by atoms with Crippen molar-refractivity contribution < 1.29 is 0 Å². The monoisotopic (exact) mass is 332 g/mol. The summed E-state index contributed by atoms with van der Waals surface area (Å²) in [6, 6.07) is 16.5. The van der Waals surface area contributed by atoms with Crippen LogP contribution in [-0.2, 0) is 6.54 Å². The molecule has 0 bridgehead atoms. The van der Waals surface area contributed by atoms with Crippen LogP contribution in [0.4, 0.5) is 5.82 Å². The number of benzene rings is 1. The van der Waals surface area contributed by atoms with Crippen molar-refractivity contribution in [2.45, 2.75) is 13.5 Å². The molecule has 1 aromatic carbocycles. The van der Waals surface area contributed by atoms with Gasteiger partial charge >= 0.3 is 0 Å². The van der Waals surface area contributed by atoms with Crippen molar-refractivity contribution in [3.63, 3.8) is 0 Å². The molecule has 3 heterocycles. The summed E-state index contributed by atoms with van der Waals surface area (Å²) in [4.78, 5) is 15.5. The van der Waals surface area contributed by atoms with Gasteiger partial charge < -0.3 is 5.32 Å². The number of anilines is 1. The number of thiophene rings is 1. The molecule has 3 aromatic heterocycles. The lowest BCUT2D eigenvalue weighted by atomic mass is 10.2. The molecular formula is C19H16N4S. The quantitative estimate of drug-likeness (QED) is 0.590. The van der Waals surface area contributed by atoms with Crippen LogP contribution in [0.25, 0.3) is 20.7 Å². The van der Waals surface area contributed by atoms with Crippen molar-refractivity contribution in [3.05, 3.63) is 72.3 Å². The van der Waals surface area contributed by atoms with Crippen LogP contribution in [-0.4, -0.2) is 15.0 Å².